The molecule has 0 saturated carbocycles. The average Bonchev–Trinajstić information content (AvgIpc) is 3.43. The van der Waals surface area contributed by atoms with Crippen LogP contribution in [0, 0.1) is 0 Å². The SMILES string of the molecule is CN1C=CN(c2ccc3[nH]c(-c4ccc5nc(-c6cccc(O)c6)[nH]c5c4)nc3n2)CC1. The summed E-state index contributed by atoms with van der Waals surface area (Å²) in [6.07, 6.45) is 4.09. The fourth-order valence-electron chi connectivity index (χ4n) is 3.93. The molecule has 4 heterocycles. The maximum Gasteiger partial charge on any atom is 0.180 e. The van der Waals surface area contributed by atoms with Crippen LogP contribution in [0.3, 0.4) is 0 Å². The van der Waals surface area contributed by atoms with Gasteiger partial charge in [0.2, 0.25) is 0 Å². The number of pyridine rings is 1. The summed E-state index contributed by atoms with van der Waals surface area (Å²) in [5, 5.41) is 9.76. The van der Waals surface area contributed by atoms with E-state index in [2.05, 4.69) is 38.0 Å². The van der Waals surface area contributed by atoms with E-state index in [1.54, 1.807) is 18.2 Å². The number of nitrogens with zero attached hydrogens (tertiary/aromatic N) is 5. The number of likely N-dealkylation sites (N-methyl/N-ethyl adjacent to an activating group) is 1. The molecule has 158 valence electrons. The first-order valence-electron chi connectivity index (χ1n) is 10.4. The number of aromatic nitrogens is 5. The Bertz CT molecular complexity index is 1480. The number of phenols is 1. The normalized spacial score (nSPS) is 14.0. The molecule has 6 rings (SSSR count). The molecule has 1 aliphatic heterocycles. The number of nitrogens with one attached hydrogen (secondary N) is 2. The van der Waals surface area contributed by atoms with E-state index in [0.29, 0.717) is 11.5 Å². The van der Waals surface area contributed by atoms with Crippen LogP contribution in [0.2, 0.25) is 0 Å². The van der Waals surface area contributed by atoms with E-state index in [9.17, 15) is 5.11 Å². The molecule has 0 atom stereocenters. The van der Waals surface area contributed by atoms with Gasteiger partial charge >= 0.3 is 0 Å². The largest absolute Gasteiger partial charge is 0.508 e. The third kappa shape index (κ3) is 3.22. The molecule has 3 aromatic heterocycles. The van der Waals surface area contributed by atoms with Gasteiger partial charge in [0, 0.05) is 43.7 Å². The van der Waals surface area contributed by atoms with Crippen molar-refractivity contribution in [3.63, 3.8) is 0 Å². The Morgan fingerprint density at radius 3 is 2.50 bits per heavy atom. The number of imidazole rings is 2. The lowest BCUT2D eigenvalue weighted by atomic mass is 10.2. The topological polar surface area (TPSA) is 97.0 Å². The van der Waals surface area contributed by atoms with Crippen molar-refractivity contribution in [3.05, 3.63) is 67.0 Å². The first kappa shape index (κ1) is 18.4. The number of aromatic amines is 2. The van der Waals surface area contributed by atoms with Crippen LogP contribution in [0.15, 0.2) is 67.0 Å². The number of rotatable bonds is 3. The van der Waals surface area contributed by atoms with Gasteiger partial charge in [-0.15, -0.1) is 0 Å². The number of benzene rings is 2. The fourth-order valence-corrected chi connectivity index (χ4v) is 3.93. The first-order chi connectivity index (χ1) is 15.6. The monoisotopic (exact) mass is 423 g/mol. The summed E-state index contributed by atoms with van der Waals surface area (Å²) in [6.45, 7) is 1.84. The second kappa shape index (κ2) is 7.12. The van der Waals surface area contributed by atoms with Gasteiger partial charge in [0.1, 0.15) is 23.2 Å². The first-order valence-corrected chi connectivity index (χ1v) is 10.4. The van der Waals surface area contributed by atoms with Crippen molar-refractivity contribution in [1.82, 2.24) is 29.8 Å². The molecule has 5 aromatic rings. The van der Waals surface area contributed by atoms with Gasteiger partial charge in [0.15, 0.2) is 5.65 Å². The molecule has 32 heavy (non-hydrogen) atoms. The maximum absolute atomic E-state index is 9.76. The minimum atomic E-state index is 0.213. The van der Waals surface area contributed by atoms with Crippen molar-refractivity contribution < 1.29 is 5.11 Å². The third-order valence-corrected chi connectivity index (χ3v) is 5.70. The lowest BCUT2D eigenvalue weighted by Crippen LogP contribution is -2.32. The zero-order valence-corrected chi connectivity index (χ0v) is 17.4. The Hall–Kier alpha value is -4.33. The lowest BCUT2D eigenvalue weighted by Gasteiger charge is -2.27. The molecular weight excluding hydrogens is 402 g/mol. The van der Waals surface area contributed by atoms with E-state index in [1.165, 1.54) is 0 Å². The quantitative estimate of drug-likeness (QED) is 0.404. The van der Waals surface area contributed by atoms with Crippen LogP contribution in [0.1, 0.15) is 0 Å². The highest BCUT2D eigenvalue weighted by atomic mass is 16.3. The number of H-pyrrole nitrogens is 2. The number of hydrogen-bond donors (Lipinski definition) is 3. The van der Waals surface area contributed by atoms with Crippen molar-refractivity contribution >= 4 is 28.0 Å². The molecule has 0 bridgehead atoms. The molecule has 0 unspecified atom stereocenters. The summed E-state index contributed by atoms with van der Waals surface area (Å²) in [5.41, 5.74) is 5.12. The van der Waals surface area contributed by atoms with Gasteiger partial charge in [-0.25, -0.2) is 15.0 Å². The maximum atomic E-state index is 9.76. The number of anilines is 1. The van der Waals surface area contributed by atoms with E-state index in [0.717, 1.165) is 52.4 Å². The Kier molecular flexibility index (Phi) is 4.10. The van der Waals surface area contributed by atoms with E-state index in [1.807, 2.05) is 42.6 Å². The van der Waals surface area contributed by atoms with E-state index < -0.39 is 0 Å². The Balaban J connectivity index is 1.35. The average molecular weight is 423 g/mol. The molecule has 0 spiro atoms. The van der Waals surface area contributed by atoms with Gasteiger partial charge in [-0.2, -0.15) is 0 Å². The van der Waals surface area contributed by atoms with Gasteiger partial charge in [-0.1, -0.05) is 12.1 Å². The van der Waals surface area contributed by atoms with Crippen molar-refractivity contribution in [2.75, 3.05) is 25.0 Å². The molecular formula is C24H21N7O. The molecule has 0 fully saturated rings. The molecule has 0 saturated heterocycles. The number of aromatic hydroxyl groups is 1. The summed E-state index contributed by atoms with van der Waals surface area (Å²) in [6, 6.07) is 17.1. The number of hydrogen-bond acceptors (Lipinski definition) is 6. The molecule has 0 amide bonds. The van der Waals surface area contributed by atoms with Gasteiger partial charge < -0.3 is 24.9 Å². The summed E-state index contributed by atoms with van der Waals surface area (Å²) in [7, 11) is 2.06. The third-order valence-electron chi connectivity index (χ3n) is 5.70. The van der Waals surface area contributed by atoms with Crippen LogP contribution in [0.5, 0.6) is 5.75 Å². The molecule has 8 heteroatoms. The van der Waals surface area contributed by atoms with Crippen LogP contribution in [0.25, 0.3) is 45.0 Å². The predicted octanol–water partition coefficient (Wildman–Crippen LogP) is 4.10. The minimum Gasteiger partial charge on any atom is -0.508 e. The van der Waals surface area contributed by atoms with Crippen LogP contribution < -0.4 is 4.90 Å². The van der Waals surface area contributed by atoms with E-state index in [-0.39, 0.29) is 5.75 Å². The summed E-state index contributed by atoms with van der Waals surface area (Å²) in [4.78, 5) is 25.1. The van der Waals surface area contributed by atoms with Gasteiger partial charge in [-0.05, 0) is 42.5 Å². The van der Waals surface area contributed by atoms with Crippen molar-refractivity contribution in [2.45, 2.75) is 0 Å². The Morgan fingerprint density at radius 2 is 1.66 bits per heavy atom. The van der Waals surface area contributed by atoms with Gasteiger partial charge in [0.25, 0.3) is 0 Å². The zero-order valence-electron chi connectivity index (χ0n) is 17.4. The lowest BCUT2D eigenvalue weighted by molar-refractivity contribution is 0.446. The molecule has 0 radical (unpaired) electrons. The molecule has 1 aliphatic rings. The van der Waals surface area contributed by atoms with Crippen LogP contribution in [0.4, 0.5) is 5.82 Å². The molecule has 2 aromatic carbocycles. The highest BCUT2D eigenvalue weighted by molar-refractivity contribution is 5.85. The van der Waals surface area contributed by atoms with E-state index in [4.69, 9.17) is 9.97 Å². The smallest absolute Gasteiger partial charge is 0.180 e. The van der Waals surface area contributed by atoms with Gasteiger partial charge in [-0.3, -0.25) is 0 Å². The van der Waals surface area contributed by atoms with Gasteiger partial charge in [0.05, 0.1) is 16.6 Å². The van der Waals surface area contributed by atoms with Crippen molar-refractivity contribution in [2.24, 2.45) is 0 Å². The predicted molar refractivity (Wildman–Crippen MR) is 125 cm³/mol. The summed E-state index contributed by atoms with van der Waals surface area (Å²) < 4.78 is 0. The van der Waals surface area contributed by atoms with Crippen LogP contribution in [-0.2, 0) is 0 Å². The zero-order chi connectivity index (χ0) is 21.7. The number of fused-ring (bicyclic) bond motifs is 2. The molecule has 8 nitrogen and oxygen atoms in total. The second-order valence-corrected chi connectivity index (χ2v) is 7.97. The Labute approximate surface area is 183 Å². The van der Waals surface area contributed by atoms with Crippen LogP contribution >= 0.6 is 0 Å². The fraction of sp³-hybridized carbons (Fsp3) is 0.125. The van der Waals surface area contributed by atoms with Crippen molar-refractivity contribution in [3.8, 4) is 28.5 Å². The summed E-state index contributed by atoms with van der Waals surface area (Å²) >= 11 is 0. The van der Waals surface area contributed by atoms with Crippen LogP contribution in [-0.4, -0.2) is 55.1 Å². The molecule has 3 N–H and O–H groups in total. The second-order valence-electron chi connectivity index (χ2n) is 7.97. The standard InChI is InChI=1S/C24H21N7O/c1-30-9-11-31(12-10-30)21-8-7-19-24(28-21)29-23(26-19)16-5-6-18-20(14-16)27-22(25-18)15-3-2-4-17(32)13-15/h2-9,11,13-14,32H,10,12H2,1H3,(H,25,27)(H,26,28,29). The van der Waals surface area contributed by atoms with E-state index >= 15 is 0 Å². The molecule has 0 aliphatic carbocycles. The Morgan fingerprint density at radius 1 is 0.812 bits per heavy atom. The minimum absolute atomic E-state index is 0.213. The summed E-state index contributed by atoms with van der Waals surface area (Å²) in [5.74, 6) is 2.57. The highest BCUT2D eigenvalue weighted by Crippen LogP contribution is 2.28. The van der Waals surface area contributed by atoms with Crippen molar-refractivity contribution in [1.29, 1.82) is 0 Å². The highest BCUT2D eigenvalue weighted by Gasteiger charge is 2.14. The number of phenolic OH excluding ortho intramolecular Hbond substituents is 1.